The SMILES string of the molecule is CC.[2H]C1([2H])Oc2ccc(C3(C)C(C)(C)C3(C)C)cc2O1. The van der Waals surface area contributed by atoms with Crippen molar-refractivity contribution < 1.29 is 12.2 Å². The zero-order valence-electron chi connectivity index (χ0n) is 15.0. The Balaban J connectivity index is 0.000000774. The van der Waals surface area contributed by atoms with Gasteiger partial charge in [-0.2, -0.15) is 0 Å². The minimum Gasteiger partial charge on any atom is -0.454 e. The molecule has 0 unspecified atom stereocenters. The molecular weight excluding hydrogens is 236 g/mol. The zero-order valence-corrected chi connectivity index (χ0v) is 13.0. The largest absolute Gasteiger partial charge is 0.454 e. The van der Waals surface area contributed by atoms with E-state index in [2.05, 4.69) is 34.6 Å². The second-order valence-electron chi connectivity index (χ2n) is 6.32. The van der Waals surface area contributed by atoms with Crippen LogP contribution in [0.5, 0.6) is 11.5 Å². The highest BCUT2D eigenvalue weighted by Crippen LogP contribution is 2.77. The van der Waals surface area contributed by atoms with Crippen molar-refractivity contribution in [2.24, 2.45) is 10.8 Å². The normalized spacial score (nSPS) is 27.5. The van der Waals surface area contributed by atoms with Gasteiger partial charge in [0.05, 0.1) is 0 Å². The van der Waals surface area contributed by atoms with Crippen molar-refractivity contribution in [3.63, 3.8) is 0 Å². The van der Waals surface area contributed by atoms with E-state index in [1.54, 1.807) is 0 Å². The molecule has 0 spiro atoms. The van der Waals surface area contributed by atoms with E-state index in [1.165, 1.54) is 5.56 Å². The number of hydrogen-bond donors (Lipinski definition) is 0. The van der Waals surface area contributed by atoms with Gasteiger partial charge in [-0.3, -0.25) is 0 Å². The van der Waals surface area contributed by atoms with E-state index in [4.69, 9.17) is 12.2 Å². The fourth-order valence-corrected chi connectivity index (χ4v) is 3.41. The van der Waals surface area contributed by atoms with Crippen LogP contribution in [0, 0.1) is 10.8 Å². The van der Waals surface area contributed by atoms with Gasteiger partial charge in [-0.25, -0.2) is 0 Å². The number of fused-ring (bicyclic) bond motifs is 1. The third-order valence-electron chi connectivity index (χ3n) is 5.82. The van der Waals surface area contributed by atoms with Crippen molar-refractivity contribution in [3.05, 3.63) is 23.8 Å². The van der Waals surface area contributed by atoms with Gasteiger partial charge in [0.1, 0.15) is 2.74 Å². The first-order valence-corrected chi connectivity index (χ1v) is 7.05. The number of rotatable bonds is 1. The monoisotopic (exact) mass is 264 g/mol. The van der Waals surface area contributed by atoms with Gasteiger partial charge < -0.3 is 9.47 Å². The zero-order chi connectivity index (χ0) is 16.3. The smallest absolute Gasteiger partial charge is 0.231 e. The summed E-state index contributed by atoms with van der Waals surface area (Å²) >= 11 is 0. The highest BCUT2D eigenvalue weighted by Gasteiger charge is 2.74. The molecule has 1 aliphatic heterocycles. The second-order valence-corrected chi connectivity index (χ2v) is 6.32. The first kappa shape index (κ1) is 11.6. The molecule has 1 aliphatic carbocycles. The van der Waals surface area contributed by atoms with Crippen LogP contribution in [0.15, 0.2) is 18.2 Å². The molecule has 0 N–H and O–H groups in total. The lowest BCUT2D eigenvalue weighted by Gasteiger charge is -2.16. The van der Waals surface area contributed by atoms with Crippen LogP contribution >= 0.6 is 0 Å². The average molecular weight is 264 g/mol. The molecule has 0 radical (unpaired) electrons. The Morgan fingerprint density at radius 2 is 1.47 bits per heavy atom. The van der Waals surface area contributed by atoms with Crippen molar-refractivity contribution in [2.75, 3.05) is 6.75 Å². The van der Waals surface area contributed by atoms with E-state index in [-0.39, 0.29) is 16.2 Å². The molecule has 1 saturated carbocycles. The number of benzene rings is 1. The summed E-state index contributed by atoms with van der Waals surface area (Å²) in [6.07, 6.45) is 0. The molecule has 1 heterocycles. The van der Waals surface area contributed by atoms with Gasteiger partial charge >= 0.3 is 0 Å². The molecule has 2 aliphatic rings. The van der Waals surface area contributed by atoms with Gasteiger partial charge in [0, 0.05) is 5.41 Å². The molecule has 0 atom stereocenters. The van der Waals surface area contributed by atoms with Crippen molar-refractivity contribution in [1.82, 2.24) is 0 Å². The highest BCUT2D eigenvalue weighted by molar-refractivity contribution is 5.51. The summed E-state index contributed by atoms with van der Waals surface area (Å²) in [4.78, 5) is 0. The topological polar surface area (TPSA) is 18.5 Å². The number of ether oxygens (including phenoxy) is 2. The quantitative estimate of drug-likeness (QED) is 0.727. The van der Waals surface area contributed by atoms with Crippen LogP contribution in [0.25, 0.3) is 0 Å². The lowest BCUT2D eigenvalue weighted by atomic mass is 9.88. The maximum atomic E-state index is 7.49. The standard InChI is InChI=1S/C15H20O2.C2H6/c1-13(2)14(3,4)15(13,5)10-6-7-11-12(8-10)17-9-16-11;1-2/h6-8H,9H2,1-5H3;1-2H3/i9D2;. The lowest BCUT2D eigenvalue weighted by Crippen LogP contribution is -2.11. The summed E-state index contributed by atoms with van der Waals surface area (Å²) in [6.45, 7) is 13.3. The molecule has 1 aromatic rings. The molecule has 1 fully saturated rings. The van der Waals surface area contributed by atoms with Crippen molar-refractivity contribution >= 4 is 0 Å². The highest BCUT2D eigenvalue weighted by atomic mass is 16.7. The van der Waals surface area contributed by atoms with Crippen LogP contribution in [0.4, 0.5) is 0 Å². The van der Waals surface area contributed by atoms with Crippen LogP contribution < -0.4 is 9.47 Å². The van der Waals surface area contributed by atoms with E-state index < -0.39 is 6.75 Å². The molecule has 3 rings (SSSR count). The van der Waals surface area contributed by atoms with Gasteiger partial charge in [0.25, 0.3) is 0 Å². The van der Waals surface area contributed by atoms with Crippen molar-refractivity contribution in [2.45, 2.75) is 53.9 Å². The van der Waals surface area contributed by atoms with Crippen LogP contribution in [-0.2, 0) is 5.41 Å². The molecule has 0 amide bonds. The summed E-state index contributed by atoms with van der Waals surface area (Å²) < 4.78 is 25.3. The van der Waals surface area contributed by atoms with Gasteiger partial charge in [-0.05, 0) is 28.5 Å². The Morgan fingerprint density at radius 1 is 0.947 bits per heavy atom. The maximum absolute atomic E-state index is 7.49. The molecule has 0 saturated heterocycles. The second kappa shape index (κ2) is 4.16. The van der Waals surface area contributed by atoms with Crippen LogP contribution in [0.3, 0.4) is 0 Å². The predicted octanol–water partition coefficient (Wildman–Crippen LogP) is 4.77. The van der Waals surface area contributed by atoms with E-state index in [0.29, 0.717) is 11.5 Å². The van der Waals surface area contributed by atoms with E-state index >= 15 is 0 Å². The molecule has 0 bridgehead atoms. The molecule has 2 heteroatoms. The molecule has 1 aromatic carbocycles. The minimum absolute atomic E-state index is 0.0632. The van der Waals surface area contributed by atoms with Crippen LogP contribution in [-0.4, -0.2) is 6.75 Å². The van der Waals surface area contributed by atoms with Crippen molar-refractivity contribution in [3.8, 4) is 11.5 Å². The summed E-state index contributed by atoms with van der Waals surface area (Å²) in [5, 5.41) is 0. The summed E-state index contributed by atoms with van der Waals surface area (Å²) in [5.74, 6) is 0.982. The molecule has 106 valence electrons. The van der Waals surface area contributed by atoms with Gasteiger partial charge in [0.15, 0.2) is 11.5 Å². The predicted molar refractivity (Wildman–Crippen MR) is 78.8 cm³/mol. The summed E-state index contributed by atoms with van der Waals surface area (Å²) in [6, 6.07) is 5.77. The Labute approximate surface area is 119 Å². The maximum Gasteiger partial charge on any atom is 0.231 e. The molecule has 2 nitrogen and oxygen atoms in total. The van der Waals surface area contributed by atoms with Crippen LogP contribution in [0.1, 0.15) is 56.8 Å². The first-order valence-electron chi connectivity index (χ1n) is 8.05. The fourth-order valence-electron chi connectivity index (χ4n) is 3.41. The Kier molecular flexibility index (Phi) is 2.54. The Hall–Kier alpha value is -1.18. The molecule has 19 heavy (non-hydrogen) atoms. The first-order chi connectivity index (χ1) is 9.53. The Morgan fingerprint density at radius 3 is 2.00 bits per heavy atom. The fraction of sp³-hybridized carbons (Fsp3) is 0.647. The summed E-state index contributed by atoms with van der Waals surface area (Å²) in [5.41, 5.74) is 1.65. The Bertz CT molecular complexity index is 548. The van der Waals surface area contributed by atoms with Gasteiger partial charge in [0.2, 0.25) is 6.75 Å². The lowest BCUT2D eigenvalue weighted by molar-refractivity contribution is 0.174. The van der Waals surface area contributed by atoms with Crippen LogP contribution in [0.2, 0.25) is 0 Å². The molecular formula is C17H26O2. The molecule has 0 aromatic heterocycles. The van der Waals surface area contributed by atoms with E-state index in [0.717, 1.165) is 0 Å². The third-order valence-corrected chi connectivity index (χ3v) is 5.82. The van der Waals surface area contributed by atoms with Gasteiger partial charge in [-0.1, -0.05) is 54.5 Å². The average Bonchev–Trinajstić information content (AvgIpc) is 2.65. The summed E-state index contributed by atoms with van der Waals surface area (Å²) in [7, 11) is 0. The number of hydrogen-bond acceptors (Lipinski definition) is 2. The minimum atomic E-state index is -2.05. The van der Waals surface area contributed by atoms with Gasteiger partial charge in [-0.15, -0.1) is 0 Å². The van der Waals surface area contributed by atoms with Crippen molar-refractivity contribution in [1.29, 1.82) is 0 Å². The van der Waals surface area contributed by atoms with E-state index in [9.17, 15) is 0 Å². The third kappa shape index (κ3) is 1.55. The van der Waals surface area contributed by atoms with E-state index in [1.807, 2.05) is 32.0 Å².